The van der Waals surface area contributed by atoms with Crippen LogP contribution < -0.4 is 22.1 Å². The average Bonchev–Trinajstić information content (AvgIpc) is 2.58. The molecular formula is C15H9F2IN8. The minimum absolute atomic E-state index is 0.0120. The zero-order chi connectivity index (χ0) is 19.0. The monoisotopic (exact) mass is 466 g/mol. The van der Waals surface area contributed by atoms with E-state index in [1.54, 1.807) is 28.8 Å². The number of nitrogens with two attached hydrogens (primary N) is 2. The van der Waals surface area contributed by atoms with Gasteiger partial charge in [0.05, 0.1) is 5.69 Å². The molecule has 2 aromatic rings. The molecule has 2 heterocycles. The zero-order valence-corrected chi connectivity index (χ0v) is 15.0. The number of aliphatic imine (C=N–C) groups is 1. The summed E-state index contributed by atoms with van der Waals surface area (Å²) in [6, 6.07) is 2.80. The number of rotatable bonds is 1. The first-order chi connectivity index (χ1) is 12.4. The molecule has 0 fully saturated rings. The van der Waals surface area contributed by atoms with Crippen molar-refractivity contribution in [2.45, 2.75) is 6.04 Å². The molecule has 1 aliphatic rings. The van der Waals surface area contributed by atoms with E-state index < -0.39 is 17.7 Å². The molecule has 0 radical (unpaired) electrons. The van der Waals surface area contributed by atoms with Gasteiger partial charge in [-0.25, -0.2) is 18.8 Å². The van der Waals surface area contributed by atoms with E-state index in [9.17, 15) is 14.0 Å². The van der Waals surface area contributed by atoms with Crippen LogP contribution in [0.1, 0.15) is 22.7 Å². The lowest BCUT2D eigenvalue weighted by Gasteiger charge is -2.26. The molecule has 1 aromatic carbocycles. The van der Waals surface area contributed by atoms with Gasteiger partial charge in [-0.3, -0.25) is 5.32 Å². The van der Waals surface area contributed by atoms with E-state index in [4.69, 9.17) is 16.7 Å². The lowest BCUT2D eigenvalue weighted by molar-refractivity contribution is 0.561. The Labute approximate surface area is 159 Å². The van der Waals surface area contributed by atoms with E-state index >= 15 is 0 Å². The third kappa shape index (κ3) is 2.82. The molecule has 0 amide bonds. The highest BCUT2D eigenvalue weighted by Gasteiger charge is 2.31. The van der Waals surface area contributed by atoms with E-state index in [1.165, 1.54) is 6.07 Å². The number of hydrogen-bond donors (Lipinski definition) is 4. The lowest BCUT2D eigenvalue weighted by atomic mass is 9.95. The molecule has 3 rings (SSSR count). The Morgan fingerprint density at radius 1 is 1.23 bits per heavy atom. The van der Waals surface area contributed by atoms with Crippen molar-refractivity contribution in [2.75, 3.05) is 16.8 Å². The van der Waals surface area contributed by atoms with Crippen molar-refractivity contribution in [2.24, 2.45) is 4.99 Å². The van der Waals surface area contributed by atoms with Crippen molar-refractivity contribution >= 4 is 45.9 Å². The number of halogens is 3. The Kier molecular flexibility index (Phi) is 4.48. The maximum absolute atomic E-state index is 14.4. The fourth-order valence-corrected chi connectivity index (χ4v) is 3.04. The summed E-state index contributed by atoms with van der Waals surface area (Å²) in [7, 11) is 0. The smallest absolute Gasteiger partial charge is 0.211 e. The number of fused-ring (bicyclic) bond motifs is 1. The van der Waals surface area contributed by atoms with Gasteiger partial charge >= 0.3 is 0 Å². The maximum Gasteiger partial charge on any atom is 0.211 e. The number of nitrogens with one attached hydrogen (secondary N) is 2. The van der Waals surface area contributed by atoms with Gasteiger partial charge in [-0.2, -0.15) is 10.5 Å². The summed E-state index contributed by atoms with van der Waals surface area (Å²) < 4.78 is 28.2. The first-order valence-electron chi connectivity index (χ1n) is 7.00. The Balaban J connectivity index is 2.30. The molecule has 8 nitrogen and oxygen atoms in total. The third-order valence-corrected chi connectivity index (χ3v) is 4.52. The van der Waals surface area contributed by atoms with Gasteiger partial charge in [0.15, 0.2) is 6.19 Å². The van der Waals surface area contributed by atoms with Crippen molar-refractivity contribution in [3.8, 4) is 12.3 Å². The van der Waals surface area contributed by atoms with Crippen LogP contribution in [0.5, 0.6) is 0 Å². The van der Waals surface area contributed by atoms with E-state index in [0.29, 0.717) is 0 Å². The van der Waals surface area contributed by atoms with Gasteiger partial charge in [0.1, 0.15) is 40.9 Å². The largest absolute Gasteiger partial charge is 0.397 e. The van der Waals surface area contributed by atoms with Gasteiger partial charge in [0.2, 0.25) is 5.96 Å². The van der Waals surface area contributed by atoms with Crippen molar-refractivity contribution in [1.29, 1.82) is 10.5 Å². The van der Waals surface area contributed by atoms with Crippen molar-refractivity contribution < 1.29 is 8.78 Å². The van der Waals surface area contributed by atoms with Crippen LogP contribution in [-0.2, 0) is 0 Å². The summed E-state index contributed by atoms with van der Waals surface area (Å²) >= 11 is 1.72. The van der Waals surface area contributed by atoms with Crippen LogP contribution in [0.25, 0.3) is 0 Å². The van der Waals surface area contributed by atoms with Gasteiger partial charge in [-0.15, -0.1) is 0 Å². The molecule has 130 valence electrons. The number of hydrogen-bond acceptors (Lipinski definition) is 8. The van der Waals surface area contributed by atoms with E-state index in [2.05, 4.69) is 20.6 Å². The Morgan fingerprint density at radius 2 is 1.96 bits per heavy atom. The Morgan fingerprint density at radius 3 is 2.62 bits per heavy atom. The second-order valence-electron chi connectivity index (χ2n) is 5.19. The van der Waals surface area contributed by atoms with Gasteiger partial charge < -0.3 is 16.8 Å². The van der Waals surface area contributed by atoms with E-state index in [-0.39, 0.29) is 43.5 Å². The van der Waals surface area contributed by atoms with Gasteiger partial charge in [-0.05, 0) is 28.7 Å². The summed E-state index contributed by atoms with van der Waals surface area (Å²) in [5.74, 6) is -1.59. The third-order valence-electron chi connectivity index (χ3n) is 3.69. The highest BCUT2D eigenvalue weighted by molar-refractivity contribution is 14.1. The first kappa shape index (κ1) is 17.6. The maximum atomic E-state index is 14.4. The molecule has 1 atom stereocenters. The number of nitrogen functional groups attached to an aromatic ring is 2. The van der Waals surface area contributed by atoms with Crippen LogP contribution >= 0.6 is 22.6 Å². The topological polar surface area (TPSA) is 149 Å². The van der Waals surface area contributed by atoms with Gasteiger partial charge in [0.25, 0.3) is 0 Å². The number of nitriles is 2. The molecule has 0 saturated carbocycles. The molecule has 1 unspecified atom stereocenters. The standard InChI is InChI=1S/C15H9F2IN8/c16-7-2-8(17)9(18)1-5(7)12-10-11(21)6(3-19)13(22)25-14(10)26-15(24-12)23-4-20/h1-2,12H,(H6,21,22,23,24,25,26). The van der Waals surface area contributed by atoms with Crippen LogP contribution in [0.2, 0.25) is 0 Å². The zero-order valence-electron chi connectivity index (χ0n) is 12.8. The first-order valence-corrected chi connectivity index (χ1v) is 8.08. The van der Waals surface area contributed by atoms with Crippen LogP contribution in [0.3, 0.4) is 0 Å². The molecular weight excluding hydrogens is 457 g/mol. The number of aromatic nitrogens is 1. The van der Waals surface area contributed by atoms with Gasteiger partial charge in [0, 0.05) is 20.8 Å². The van der Waals surface area contributed by atoms with Crippen LogP contribution in [-0.4, -0.2) is 10.9 Å². The summed E-state index contributed by atoms with van der Waals surface area (Å²) in [5, 5.41) is 23.1. The molecule has 0 bridgehead atoms. The molecule has 0 spiro atoms. The molecule has 1 aromatic heterocycles. The number of guanidine groups is 1. The highest BCUT2D eigenvalue weighted by Crippen LogP contribution is 2.41. The minimum atomic E-state index is -1.06. The predicted octanol–water partition coefficient (Wildman–Crippen LogP) is 1.94. The normalized spacial score (nSPS) is 15.1. The number of pyridine rings is 1. The molecule has 26 heavy (non-hydrogen) atoms. The van der Waals surface area contributed by atoms with Crippen LogP contribution in [0, 0.1) is 38.0 Å². The van der Waals surface area contributed by atoms with Crippen molar-refractivity contribution in [3.05, 3.63) is 44.0 Å². The van der Waals surface area contributed by atoms with E-state index in [0.717, 1.165) is 6.07 Å². The highest BCUT2D eigenvalue weighted by atomic mass is 127. The average molecular weight is 466 g/mol. The second-order valence-corrected chi connectivity index (χ2v) is 6.35. The van der Waals surface area contributed by atoms with Crippen LogP contribution in [0.4, 0.5) is 26.1 Å². The fraction of sp³-hybridized carbons (Fsp3) is 0.0667. The summed E-state index contributed by atoms with van der Waals surface area (Å²) in [4.78, 5) is 8.28. The number of anilines is 3. The SMILES string of the molecule is N#CNC1=NC(c2cc(I)c(F)cc2F)c2c(nc(N)c(C#N)c2N)N1. The van der Waals surface area contributed by atoms with Crippen LogP contribution in [0.15, 0.2) is 17.1 Å². The second kappa shape index (κ2) is 6.61. The van der Waals surface area contributed by atoms with E-state index in [1.807, 2.05) is 6.07 Å². The molecule has 0 saturated heterocycles. The number of benzene rings is 1. The Bertz CT molecular complexity index is 1040. The molecule has 1 aliphatic heterocycles. The van der Waals surface area contributed by atoms with Gasteiger partial charge in [-0.1, -0.05) is 0 Å². The fourth-order valence-electron chi connectivity index (χ4n) is 2.55. The summed E-state index contributed by atoms with van der Waals surface area (Å²) in [5.41, 5.74) is 11.9. The minimum Gasteiger partial charge on any atom is -0.397 e. The molecule has 6 N–H and O–H groups in total. The summed E-state index contributed by atoms with van der Waals surface area (Å²) in [6.45, 7) is 0. The lowest BCUT2D eigenvalue weighted by Crippen LogP contribution is -2.33. The van der Waals surface area contributed by atoms with Crippen molar-refractivity contribution in [1.82, 2.24) is 10.3 Å². The number of nitrogens with zero attached hydrogens (tertiary/aromatic N) is 4. The quantitative estimate of drug-likeness (QED) is 0.217. The Hall–Kier alpha value is -3.19. The summed E-state index contributed by atoms with van der Waals surface area (Å²) in [6.07, 6.45) is 1.69. The van der Waals surface area contributed by atoms with Crippen molar-refractivity contribution in [3.63, 3.8) is 0 Å². The molecule has 11 heteroatoms. The molecule has 0 aliphatic carbocycles. The predicted molar refractivity (Wildman–Crippen MR) is 98.5 cm³/mol.